The lowest BCUT2D eigenvalue weighted by Crippen LogP contribution is -1.99. The number of rotatable bonds is 1. The van der Waals surface area contributed by atoms with Gasteiger partial charge in [-0.05, 0) is 0 Å². The van der Waals surface area contributed by atoms with Gasteiger partial charge in [-0.3, -0.25) is 0 Å². The normalized spacial score (nSPS) is 5.25. The van der Waals surface area contributed by atoms with Crippen LogP contribution in [-0.2, 0) is 0 Å². The zero-order valence-corrected chi connectivity index (χ0v) is 2.32. The van der Waals surface area contributed by atoms with Crippen molar-refractivity contribution >= 4 is 0 Å². The molecule has 0 saturated heterocycles. The van der Waals surface area contributed by atoms with Crippen LogP contribution in [0.3, 0.4) is 0 Å². The van der Waals surface area contributed by atoms with Crippen LogP contribution in [0.2, 0.25) is 0 Å². The van der Waals surface area contributed by atoms with Crippen molar-refractivity contribution in [2.24, 2.45) is 0 Å². The molecule has 0 saturated carbocycles. The number of hydrogen-bond acceptors (Lipinski definition) is 1. The van der Waals surface area contributed by atoms with Crippen LogP contribution in [0.25, 0.3) is 0 Å². The molecule has 0 aliphatic carbocycles. The first-order valence-electron chi connectivity index (χ1n) is 0.996. The van der Waals surface area contributed by atoms with Crippen molar-refractivity contribution in [2.75, 3.05) is 6.61 Å². The maximum absolute atomic E-state index is 9.12. The molecule has 0 aromatic heterocycles. The molecule has 0 heterocycles. The van der Waals surface area contributed by atoms with Crippen molar-refractivity contribution < 1.29 is 5.11 Å². The van der Waals surface area contributed by atoms with Crippen LogP contribution >= 0.6 is 0 Å². The third kappa shape index (κ3) is 1.61. The van der Waals surface area contributed by atoms with E-state index in [1.807, 2.05) is 0 Å². The van der Waals surface area contributed by atoms with E-state index in [-0.39, 0.29) is 6.61 Å². The molecule has 0 unspecified atom stereocenters. The fourth-order valence-corrected chi connectivity index (χ4v) is 0. The molecular formula is C3H4O. The van der Waals surface area contributed by atoms with Gasteiger partial charge in [0.25, 0.3) is 0 Å². The monoisotopic (exact) mass is 56.0 g/mol. The smallest absolute Gasteiger partial charge is 0.196 e. The van der Waals surface area contributed by atoms with Crippen molar-refractivity contribution in [3.8, 4) is 0 Å². The van der Waals surface area contributed by atoms with E-state index >= 15 is 0 Å². The van der Waals surface area contributed by atoms with E-state index in [2.05, 4.69) is 12.7 Å². The first-order valence-corrected chi connectivity index (χ1v) is 0.996. The summed E-state index contributed by atoms with van der Waals surface area (Å²) >= 11 is 0. The highest BCUT2D eigenvalue weighted by molar-refractivity contribution is 4.45. The Kier molecular flexibility index (Phi) is 2.36. The Hall–Kier alpha value is -0.390. The highest BCUT2D eigenvalue weighted by atomic mass is 16.2. The zero-order chi connectivity index (χ0) is 3.41. The standard InChI is InChI=1S/C3H4O/c1-2-3-4/h1,3H2. The van der Waals surface area contributed by atoms with Gasteiger partial charge in [-0.25, -0.2) is 0 Å². The van der Waals surface area contributed by atoms with E-state index in [1.54, 1.807) is 0 Å². The van der Waals surface area contributed by atoms with Gasteiger partial charge in [0, 0.05) is 0 Å². The molecule has 0 N–H and O–H groups in total. The summed E-state index contributed by atoms with van der Waals surface area (Å²) in [6.07, 6.45) is 2.12. The lowest BCUT2D eigenvalue weighted by molar-refractivity contribution is -0.355. The van der Waals surface area contributed by atoms with Crippen LogP contribution in [-0.4, -0.2) is 6.61 Å². The summed E-state index contributed by atoms with van der Waals surface area (Å²) in [5, 5.41) is 9.12. The first kappa shape index (κ1) is 3.61. The van der Waals surface area contributed by atoms with Crippen LogP contribution in [0.15, 0.2) is 6.58 Å². The van der Waals surface area contributed by atoms with Gasteiger partial charge in [-0.15, -0.1) is 0 Å². The van der Waals surface area contributed by atoms with Crippen LogP contribution in [0, 0.1) is 6.08 Å². The van der Waals surface area contributed by atoms with E-state index in [0.717, 1.165) is 0 Å². The summed E-state index contributed by atoms with van der Waals surface area (Å²) in [5.74, 6) is 0. The Morgan fingerprint density at radius 2 is 2.25 bits per heavy atom. The maximum Gasteiger partial charge on any atom is 0.196 e. The van der Waals surface area contributed by atoms with Crippen LogP contribution in [0.4, 0.5) is 0 Å². The molecule has 0 radical (unpaired) electrons. The molecule has 4 heavy (non-hydrogen) atoms. The largest absolute Gasteiger partial charge is 0.810 e. The SMILES string of the molecule is C=[C+]C[O-]. The van der Waals surface area contributed by atoms with Gasteiger partial charge in [-0.2, -0.15) is 0 Å². The summed E-state index contributed by atoms with van der Waals surface area (Å²) in [5.41, 5.74) is 0. The Labute approximate surface area is 25.6 Å². The van der Waals surface area contributed by atoms with E-state index in [1.165, 1.54) is 0 Å². The molecule has 22 valence electrons. The molecular weight excluding hydrogens is 52.0 g/mol. The third-order valence-electron chi connectivity index (χ3n) is 0.102. The predicted octanol–water partition coefficient (Wildman–Crippen LogP) is -0.664. The second-order valence-corrected chi connectivity index (χ2v) is 0.394. The predicted molar refractivity (Wildman–Crippen MR) is 13.7 cm³/mol. The number of hydrogen-bond donors (Lipinski definition) is 0. The molecule has 0 amide bonds. The topological polar surface area (TPSA) is 23.1 Å². The second-order valence-electron chi connectivity index (χ2n) is 0.394. The molecule has 1 heteroatoms. The summed E-state index contributed by atoms with van der Waals surface area (Å²) in [6.45, 7) is 2.75. The Balaban J connectivity index is 2.30. The first-order chi connectivity index (χ1) is 1.91. The van der Waals surface area contributed by atoms with E-state index in [4.69, 9.17) is 5.11 Å². The van der Waals surface area contributed by atoms with E-state index in [9.17, 15) is 0 Å². The van der Waals surface area contributed by atoms with Crippen molar-refractivity contribution in [2.45, 2.75) is 0 Å². The summed E-state index contributed by atoms with van der Waals surface area (Å²) in [7, 11) is 0. The van der Waals surface area contributed by atoms with E-state index < -0.39 is 0 Å². The van der Waals surface area contributed by atoms with Crippen molar-refractivity contribution in [1.82, 2.24) is 0 Å². The third-order valence-corrected chi connectivity index (χ3v) is 0.102. The minimum atomic E-state index is -0.292. The second kappa shape index (κ2) is 2.61. The summed E-state index contributed by atoms with van der Waals surface area (Å²) in [4.78, 5) is 0. The van der Waals surface area contributed by atoms with Gasteiger partial charge in [0.1, 0.15) is 6.58 Å². The van der Waals surface area contributed by atoms with Crippen molar-refractivity contribution in [3.63, 3.8) is 0 Å². The quantitative estimate of drug-likeness (QED) is 0.365. The molecule has 0 aromatic rings. The highest BCUT2D eigenvalue weighted by Gasteiger charge is 1.54. The molecule has 0 bridgehead atoms. The highest BCUT2D eigenvalue weighted by Crippen LogP contribution is 1.36. The summed E-state index contributed by atoms with van der Waals surface area (Å²) in [6, 6.07) is 0. The van der Waals surface area contributed by atoms with Gasteiger partial charge in [-0.1, -0.05) is 0 Å². The van der Waals surface area contributed by atoms with Crippen molar-refractivity contribution in [3.05, 3.63) is 12.7 Å². The van der Waals surface area contributed by atoms with Gasteiger partial charge in [0.05, 0.1) is 6.61 Å². The Morgan fingerprint density at radius 3 is 2.25 bits per heavy atom. The Bertz CT molecular complexity index is 17.2. The summed E-state index contributed by atoms with van der Waals surface area (Å²) < 4.78 is 0. The lowest BCUT2D eigenvalue weighted by Gasteiger charge is -1.68. The minimum Gasteiger partial charge on any atom is -0.810 e. The fourth-order valence-electron chi connectivity index (χ4n) is 0. The van der Waals surface area contributed by atoms with Gasteiger partial charge in [0.2, 0.25) is 0 Å². The average molecular weight is 56.1 g/mol. The zero-order valence-electron chi connectivity index (χ0n) is 2.32. The van der Waals surface area contributed by atoms with Gasteiger partial charge in [0.15, 0.2) is 6.08 Å². The van der Waals surface area contributed by atoms with Crippen LogP contribution < -0.4 is 5.11 Å². The van der Waals surface area contributed by atoms with Crippen LogP contribution in [0.5, 0.6) is 0 Å². The van der Waals surface area contributed by atoms with E-state index in [0.29, 0.717) is 0 Å². The molecule has 1 nitrogen and oxygen atoms in total. The molecule has 0 rings (SSSR count). The molecule has 0 aliphatic rings. The molecule has 0 aliphatic heterocycles. The van der Waals surface area contributed by atoms with Crippen LogP contribution in [0.1, 0.15) is 0 Å². The lowest BCUT2D eigenvalue weighted by atomic mass is 10.7. The minimum absolute atomic E-state index is 0.292. The molecule has 0 atom stereocenters. The molecule has 0 spiro atoms. The molecule has 0 aromatic carbocycles. The van der Waals surface area contributed by atoms with Gasteiger partial charge >= 0.3 is 0 Å². The van der Waals surface area contributed by atoms with Gasteiger partial charge < -0.3 is 5.11 Å². The Morgan fingerprint density at radius 1 is 2.00 bits per heavy atom. The average Bonchev–Trinajstić information content (AvgIpc) is 1.37. The fraction of sp³-hybridized carbons (Fsp3) is 0.333. The van der Waals surface area contributed by atoms with Crippen molar-refractivity contribution in [1.29, 1.82) is 0 Å². The molecule has 0 fully saturated rings. The maximum atomic E-state index is 9.12.